The third-order valence-corrected chi connectivity index (χ3v) is 6.09. The van der Waals surface area contributed by atoms with E-state index in [9.17, 15) is 4.79 Å². The second-order valence-electron chi connectivity index (χ2n) is 7.54. The molecule has 1 spiro atoms. The number of rotatable bonds is 1. The van der Waals surface area contributed by atoms with E-state index in [2.05, 4.69) is 16.1 Å². The number of hydrogen-bond acceptors (Lipinski definition) is 1. The van der Waals surface area contributed by atoms with E-state index in [4.69, 9.17) is 6.42 Å². The first-order chi connectivity index (χ1) is 9.69. The predicted octanol–water partition coefficient (Wildman–Crippen LogP) is 2.90. The monoisotopic (exact) mass is 272 g/mol. The molecule has 4 aliphatic rings. The Morgan fingerprint density at radius 1 is 1.20 bits per heavy atom. The summed E-state index contributed by atoms with van der Waals surface area (Å²) in [6.07, 6.45) is 16.4. The molecule has 2 heterocycles. The molecule has 2 saturated carbocycles. The van der Waals surface area contributed by atoms with Gasteiger partial charge in [-0.3, -0.25) is 0 Å². The number of terminal acetylenes is 1. The van der Waals surface area contributed by atoms with Crippen molar-refractivity contribution >= 4 is 6.03 Å². The fourth-order valence-electron chi connectivity index (χ4n) is 4.69. The van der Waals surface area contributed by atoms with Crippen LogP contribution < -0.4 is 5.32 Å². The van der Waals surface area contributed by atoms with Crippen LogP contribution in [0.15, 0.2) is 0 Å². The number of carbonyl (C=O) groups is 1. The van der Waals surface area contributed by atoms with Crippen LogP contribution in [0, 0.1) is 23.7 Å². The lowest BCUT2D eigenvalue weighted by Crippen LogP contribution is -2.60. The third kappa shape index (κ3) is 2.01. The Morgan fingerprint density at radius 2 is 1.85 bits per heavy atom. The second kappa shape index (κ2) is 4.41. The number of carbonyl (C=O) groups excluding carboxylic acids is 1. The van der Waals surface area contributed by atoms with E-state index in [1.165, 1.54) is 44.9 Å². The molecule has 2 atom stereocenters. The van der Waals surface area contributed by atoms with Gasteiger partial charge >= 0.3 is 6.03 Å². The minimum atomic E-state index is 0.190. The van der Waals surface area contributed by atoms with Gasteiger partial charge < -0.3 is 10.2 Å². The second-order valence-corrected chi connectivity index (χ2v) is 7.54. The van der Waals surface area contributed by atoms with Crippen molar-refractivity contribution in [2.75, 3.05) is 0 Å². The summed E-state index contributed by atoms with van der Waals surface area (Å²) in [5, 5.41) is 3.22. The van der Waals surface area contributed by atoms with Crippen LogP contribution in [0.1, 0.15) is 57.8 Å². The van der Waals surface area contributed by atoms with E-state index in [1.54, 1.807) is 0 Å². The van der Waals surface area contributed by atoms with Gasteiger partial charge in [0, 0.05) is 24.0 Å². The van der Waals surface area contributed by atoms with Gasteiger partial charge in [0.2, 0.25) is 0 Å². The number of amides is 2. The van der Waals surface area contributed by atoms with E-state index >= 15 is 0 Å². The molecule has 0 radical (unpaired) electrons. The predicted molar refractivity (Wildman–Crippen MR) is 78.0 cm³/mol. The van der Waals surface area contributed by atoms with Gasteiger partial charge in [-0.15, -0.1) is 12.3 Å². The van der Waals surface area contributed by atoms with Gasteiger partial charge in [-0.2, -0.15) is 0 Å². The van der Waals surface area contributed by atoms with Gasteiger partial charge in [0.15, 0.2) is 0 Å². The van der Waals surface area contributed by atoms with Crippen LogP contribution in [-0.2, 0) is 0 Å². The summed E-state index contributed by atoms with van der Waals surface area (Å²) < 4.78 is 0. The molecular weight excluding hydrogens is 248 g/mol. The van der Waals surface area contributed by atoms with Crippen LogP contribution in [0.2, 0.25) is 0 Å². The molecular formula is C17H24N2O. The minimum absolute atomic E-state index is 0.190. The molecule has 3 heteroatoms. The number of nitrogens with one attached hydrogen (secondary N) is 1. The Morgan fingerprint density at radius 3 is 2.40 bits per heavy atom. The summed E-state index contributed by atoms with van der Waals surface area (Å²) in [5.74, 6) is 3.16. The van der Waals surface area contributed by atoms with Crippen LogP contribution in [0.3, 0.4) is 0 Å². The van der Waals surface area contributed by atoms with Crippen LogP contribution in [0.5, 0.6) is 0 Å². The van der Waals surface area contributed by atoms with Crippen molar-refractivity contribution in [1.29, 1.82) is 0 Å². The topological polar surface area (TPSA) is 32.3 Å². The van der Waals surface area contributed by atoms with Gasteiger partial charge in [-0.05, 0) is 63.2 Å². The minimum Gasteiger partial charge on any atom is -0.335 e. The molecule has 0 aromatic carbocycles. The molecule has 0 aromatic rings. The molecule has 1 N–H and O–H groups in total. The lowest BCUT2D eigenvalue weighted by Gasteiger charge is -2.50. The van der Waals surface area contributed by atoms with Crippen molar-refractivity contribution in [3.05, 3.63) is 0 Å². The van der Waals surface area contributed by atoms with Gasteiger partial charge in [-0.25, -0.2) is 4.79 Å². The fraction of sp³-hybridized carbons (Fsp3) is 0.824. The highest BCUT2D eigenvalue weighted by molar-refractivity contribution is 5.75. The lowest BCUT2D eigenvalue weighted by atomic mass is 9.76. The molecule has 2 aliphatic heterocycles. The van der Waals surface area contributed by atoms with Crippen molar-refractivity contribution < 1.29 is 4.79 Å². The molecule has 4 fully saturated rings. The van der Waals surface area contributed by atoms with Gasteiger partial charge in [0.1, 0.15) is 0 Å². The van der Waals surface area contributed by atoms with E-state index in [0.717, 1.165) is 12.8 Å². The quantitative estimate of drug-likeness (QED) is 0.731. The number of urea groups is 1. The maximum Gasteiger partial charge on any atom is 0.318 e. The highest BCUT2D eigenvalue weighted by Gasteiger charge is 2.53. The standard InChI is InChI=1S/C17H24N2O/c1-2-12-8-13(9-12)18-16(20)19-14-4-3-5-15(19)11-17(10-14)6-7-17/h1,12-15H,3-11H2,(H,18,20). The molecule has 4 rings (SSSR count). The van der Waals surface area contributed by atoms with Crippen LogP contribution >= 0.6 is 0 Å². The molecule has 2 saturated heterocycles. The SMILES string of the molecule is C#CC1CC(NC(=O)N2C3CCCC2CC2(CC2)C3)C1. The van der Waals surface area contributed by atoms with Gasteiger partial charge in [0.25, 0.3) is 0 Å². The Bertz CT molecular complexity index is 440. The van der Waals surface area contributed by atoms with Gasteiger partial charge in [0.05, 0.1) is 0 Å². The summed E-state index contributed by atoms with van der Waals surface area (Å²) >= 11 is 0. The first-order valence-electron chi connectivity index (χ1n) is 8.24. The average Bonchev–Trinajstić information content (AvgIpc) is 3.11. The number of piperidine rings is 2. The van der Waals surface area contributed by atoms with E-state index < -0.39 is 0 Å². The smallest absolute Gasteiger partial charge is 0.318 e. The number of hydrogen-bond donors (Lipinski definition) is 1. The number of nitrogens with zero attached hydrogens (tertiary/aromatic N) is 1. The van der Waals surface area contributed by atoms with Crippen molar-refractivity contribution in [3.8, 4) is 12.3 Å². The Balaban J connectivity index is 1.40. The lowest BCUT2D eigenvalue weighted by molar-refractivity contribution is 0.0335. The largest absolute Gasteiger partial charge is 0.335 e. The summed E-state index contributed by atoms with van der Waals surface area (Å²) in [7, 11) is 0. The maximum absolute atomic E-state index is 12.6. The summed E-state index contributed by atoms with van der Waals surface area (Å²) in [6, 6.07) is 1.53. The van der Waals surface area contributed by atoms with E-state index in [0.29, 0.717) is 29.5 Å². The highest BCUT2D eigenvalue weighted by Crippen LogP contribution is 2.59. The zero-order valence-electron chi connectivity index (χ0n) is 12.1. The molecule has 108 valence electrons. The van der Waals surface area contributed by atoms with E-state index in [1.807, 2.05) is 0 Å². The van der Waals surface area contributed by atoms with Crippen molar-refractivity contribution in [3.63, 3.8) is 0 Å². The Hall–Kier alpha value is -1.17. The first-order valence-corrected chi connectivity index (χ1v) is 8.24. The molecule has 2 unspecified atom stereocenters. The highest BCUT2D eigenvalue weighted by atomic mass is 16.2. The molecule has 3 nitrogen and oxygen atoms in total. The fourth-order valence-corrected chi connectivity index (χ4v) is 4.69. The first kappa shape index (κ1) is 12.6. The van der Waals surface area contributed by atoms with Crippen molar-refractivity contribution in [2.24, 2.45) is 11.3 Å². The molecule has 2 aliphatic carbocycles. The van der Waals surface area contributed by atoms with Crippen molar-refractivity contribution in [2.45, 2.75) is 75.9 Å². The zero-order valence-corrected chi connectivity index (χ0v) is 12.1. The zero-order chi connectivity index (χ0) is 13.7. The summed E-state index contributed by atoms with van der Waals surface area (Å²) in [4.78, 5) is 14.8. The van der Waals surface area contributed by atoms with Crippen LogP contribution in [0.4, 0.5) is 4.79 Å². The Labute approximate surface area is 121 Å². The third-order valence-electron chi connectivity index (χ3n) is 6.09. The van der Waals surface area contributed by atoms with Crippen LogP contribution in [-0.4, -0.2) is 29.1 Å². The van der Waals surface area contributed by atoms with Crippen LogP contribution in [0.25, 0.3) is 0 Å². The average molecular weight is 272 g/mol. The number of fused-ring (bicyclic) bond motifs is 2. The van der Waals surface area contributed by atoms with E-state index in [-0.39, 0.29) is 6.03 Å². The molecule has 20 heavy (non-hydrogen) atoms. The van der Waals surface area contributed by atoms with Crippen molar-refractivity contribution in [1.82, 2.24) is 10.2 Å². The normalized spacial score (nSPS) is 40.6. The van der Waals surface area contributed by atoms with Gasteiger partial charge in [-0.1, -0.05) is 0 Å². The Kier molecular flexibility index (Phi) is 2.77. The molecule has 2 amide bonds. The summed E-state index contributed by atoms with van der Waals surface area (Å²) in [5.41, 5.74) is 0.636. The maximum atomic E-state index is 12.6. The molecule has 2 bridgehead atoms. The molecule has 0 aromatic heterocycles. The summed E-state index contributed by atoms with van der Waals surface area (Å²) in [6.45, 7) is 0.